The minimum absolute atomic E-state index is 0.0265. The van der Waals surface area contributed by atoms with Crippen molar-refractivity contribution in [3.63, 3.8) is 0 Å². The van der Waals surface area contributed by atoms with Crippen LogP contribution in [-0.2, 0) is 151 Å². The number of amides is 2. The number of rotatable bonds is 83. The lowest BCUT2D eigenvalue weighted by molar-refractivity contribution is -0.271. The van der Waals surface area contributed by atoms with Gasteiger partial charge >= 0.3 is 17.9 Å². The lowest BCUT2D eigenvalue weighted by atomic mass is 9.99. The maximum atomic E-state index is 13.3. The van der Waals surface area contributed by atoms with Crippen LogP contribution in [0.3, 0.4) is 0 Å². The van der Waals surface area contributed by atoms with Gasteiger partial charge in [0.2, 0.25) is 12.6 Å². The molecule has 44 nitrogen and oxygen atoms in total. The van der Waals surface area contributed by atoms with Gasteiger partial charge in [-0.15, -0.1) is 0 Å². The summed E-state index contributed by atoms with van der Waals surface area (Å²) < 4.78 is 150. The molecule has 9 atom stereocenters. The molecule has 4 rings (SSSR count). The Bertz CT molecular complexity index is 2960. The summed E-state index contributed by atoms with van der Waals surface area (Å²) >= 11 is 0. The molecule has 0 aliphatic carbocycles. The van der Waals surface area contributed by atoms with Crippen molar-refractivity contribution in [2.45, 2.75) is 82.4 Å². The third kappa shape index (κ3) is 54.8. The van der Waals surface area contributed by atoms with Crippen LogP contribution in [0, 0.1) is 0 Å². The molecule has 710 valence electrons. The van der Waals surface area contributed by atoms with Crippen LogP contribution in [0.15, 0.2) is 36.4 Å². The number of carbonyl (C=O) groups excluding carboxylic acids is 4. The van der Waals surface area contributed by atoms with Crippen molar-refractivity contribution >= 4 is 29.7 Å². The highest BCUT2D eigenvalue weighted by Crippen LogP contribution is 2.29. The first-order valence-electron chi connectivity index (χ1n) is 41.2. The maximum Gasteiger partial charge on any atom is 0.335 e. The first kappa shape index (κ1) is 109. The molecule has 2 saturated heterocycles. The lowest BCUT2D eigenvalue weighted by Crippen LogP contribution is -2.61. The Kier molecular flexibility index (Phi) is 65.9. The molecule has 2 aromatic rings. The summed E-state index contributed by atoms with van der Waals surface area (Å²) in [5, 5.41) is 75.9. The zero-order valence-corrected chi connectivity index (χ0v) is 70.8. The third-order valence-electron chi connectivity index (χ3n) is 17.0. The van der Waals surface area contributed by atoms with E-state index in [1.807, 2.05) is 0 Å². The van der Waals surface area contributed by atoms with Gasteiger partial charge in [0.05, 0.1) is 302 Å². The van der Waals surface area contributed by atoms with E-state index < -0.39 is 85.0 Å². The zero-order chi connectivity index (χ0) is 88.6. The number of hydrogen-bond acceptors (Lipinski definition) is 41. The highest BCUT2D eigenvalue weighted by Gasteiger charge is 2.48. The summed E-state index contributed by atoms with van der Waals surface area (Å²) in [5.41, 5.74) is 0.860. The number of carboxylic acids is 1. The lowest BCUT2D eigenvalue weighted by Gasteiger charge is -2.38. The summed E-state index contributed by atoms with van der Waals surface area (Å²) in [6.07, 6.45) is -15.3. The first-order chi connectivity index (χ1) is 60.0. The quantitative estimate of drug-likeness (QED) is 0.0175. The fourth-order valence-electron chi connectivity index (χ4n) is 10.5. The number of carboxylic acid groups (broad SMARTS) is 1. The Morgan fingerprint density at radius 3 is 0.911 bits per heavy atom. The van der Waals surface area contributed by atoms with E-state index in [2.05, 4.69) is 20.4 Å². The van der Waals surface area contributed by atoms with Gasteiger partial charge in [-0.2, -0.15) is 0 Å². The Labute approximate surface area is 717 Å². The molecule has 123 heavy (non-hydrogen) atoms. The largest absolute Gasteiger partial charge is 0.479 e. The second-order valence-corrected chi connectivity index (χ2v) is 26.5. The number of hydrogen-bond donors (Lipinski definition) is 10. The Morgan fingerprint density at radius 1 is 0.358 bits per heavy atom. The number of nitrogens with two attached hydrogens (primary N) is 1. The van der Waals surface area contributed by atoms with Gasteiger partial charge in [-0.05, 0) is 35.4 Å². The van der Waals surface area contributed by atoms with E-state index >= 15 is 0 Å². The van der Waals surface area contributed by atoms with Crippen LogP contribution >= 0.6 is 0 Å². The van der Waals surface area contributed by atoms with Crippen molar-refractivity contribution in [1.82, 2.24) is 15.5 Å². The van der Waals surface area contributed by atoms with Crippen LogP contribution in [0.5, 0.6) is 11.5 Å². The van der Waals surface area contributed by atoms with E-state index in [4.69, 9.17) is 134 Å². The number of nitrogens with one attached hydrogen (secondary N) is 2. The molecule has 2 aromatic carbocycles. The van der Waals surface area contributed by atoms with E-state index in [1.165, 1.54) is 44.2 Å². The average Bonchev–Trinajstić information content (AvgIpc) is 0.802. The molecule has 11 N–H and O–H groups in total. The van der Waals surface area contributed by atoms with Crippen molar-refractivity contribution in [3.05, 3.63) is 58.7 Å². The fraction of sp³-hybridized carbons (Fsp3) is 0.785. The smallest absolute Gasteiger partial charge is 0.335 e. The van der Waals surface area contributed by atoms with Crippen LogP contribution in [0.2, 0.25) is 0 Å². The molecule has 0 radical (unpaired) electrons. The molecule has 44 heteroatoms. The van der Waals surface area contributed by atoms with E-state index in [0.717, 1.165) is 0 Å². The third-order valence-corrected chi connectivity index (χ3v) is 17.0. The molecule has 2 aliphatic heterocycles. The van der Waals surface area contributed by atoms with Gasteiger partial charge in [-0.25, -0.2) is 10.7 Å². The van der Waals surface area contributed by atoms with Crippen molar-refractivity contribution < 1.29 is 192 Å². The predicted octanol–water partition coefficient (Wildman–Crippen LogP) is -3.40. The minimum Gasteiger partial charge on any atom is -0.479 e. The molecule has 0 unspecified atom stereocenters. The van der Waals surface area contributed by atoms with Crippen LogP contribution in [-0.4, -0.2) is 449 Å². The summed E-state index contributed by atoms with van der Waals surface area (Å²) in [5.74, 6) is 0.907. The summed E-state index contributed by atoms with van der Waals surface area (Å²) in [6.45, 7) is 20.3. The normalized spacial score (nSPS) is 18.4. The number of ether oxygens (including phenoxy) is 27. The number of esters is 2. The molecule has 0 aromatic heterocycles. The molecule has 2 fully saturated rings. The molecular weight excluding hydrogens is 1640 g/mol. The fourth-order valence-corrected chi connectivity index (χ4v) is 10.5. The van der Waals surface area contributed by atoms with Crippen molar-refractivity contribution in [2.24, 2.45) is 5.90 Å². The van der Waals surface area contributed by atoms with Gasteiger partial charge in [-0.1, -0.05) is 12.1 Å². The molecule has 2 heterocycles. The van der Waals surface area contributed by atoms with Crippen LogP contribution in [0.25, 0.3) is 0 Å². The highest BCUT2D eigenvalue weighted by atomic mass is 16.7. The molecule has 2 aliphatic rings. The second-order valence-electron chi connectivity index (χ2n) is 26.5. The van der Waals surface area contributed by atoms with Crippen molar-refractivity contribution in [2.75, 3.05) is 323 Å². The van der Waals surface area contributed by atoms with Gasteiger partial charge in [-0.3, -0.25) is 24.1 Å². The molecular formula is C79H134N4O40. The first-order valence-corrected chi connectivity index (χ1v) is 41.2. The summed E-state index contributed by atoms with van der Waals surface area (Å²) in [7, 11) is 0. The van der Waals surface area contributed by atoms with E-state index in [9.17, 15) is 59.7 Å². The van der Waals surface area contributed by atoms with Crippen LogP contribution in [0.1, 0.15) is 45.7 Å². The molecule has 0 bridgehead atoms. The van der Waals surface area contributed by atoms with Crippen LogP contribution in [0.4, 0.5) is 0 Å². The summed E-state index contributed by atoms with van der Waals surface area (Å²) in [6, 6.07) is 8.64. The second kappa shape index (κ2) is 74.1. The maximum absolute atomic E-state index is 13.3. The minimum atomic E-state index is -1.95. The number of benzene rings is 2. The van der Waals surface area contributed by atoms with Crippen LogP contribution < -0.4 is 26.0 Å². The number of aliphatic hydroxyl groups is 6. The number of carbonyl (C=O) groups is 5. The number of aliphatic carboxylic acids is 1. The van der Waals surface area contributed by atoms with Crippen molar-refractivity contribution in [3.8, 4) is 11.5 Å². The zero-order valence-electron chi connectivity index (χ0n) is 70.8. The van der Waals surface area contributed by atoms with Crippen molar-refractivity contribution in [1.29, 1.82) is 0 Å². The Hall–Kier alpha value is -5.89. The Balaban J connectivity index is 1.00. The van der Waals surface area contributed by atoms with Gasteiger partial charge in [0, 0.05) is 46.6 Å². The topological polar surface area (TPSA) is 539 Å². The monoisotopic (exact) mass is 1780 g/mol. The van der Waals surface area contributed by atoms with Gasteiger partial charge in [0.25, 0.3) is 11.8 Å². The van der Waals surface area contributed by atoms with Gasteiger partial charge < -0.3 is 179 Å². The standard InChI is InChI=1S/C79H134N4O40/c1-60(84)117-57-62-3-5-67(121-78-72(90)69(87)66(86)59-119-78)64(55-62)75(92)81-7-12-96-17-22-101-27-32-106-34-29-103-24-19-98-14-9-83(11-16-100-21-26-105-31-36-108-37-38-109-39-40-110-41-42-111-43-44-112-45-46-113-47-48-114-49-50-115-51-52-116-53-54-120-80)10-15-99-20-25-104-30-35-107-33-28-102-23-18-97-13-8-82-76(93)65-56-63(58-118-61(2)85)4-6-68(65)122-79-73(91)70(88)71(89)74(123-79)77(94)95/h3-6,55-56,66,69-74,78-79,86-91H,7-54,57-59,80H2,1-2H3,(H,81,92)(H,82,93)(H,94,95)/t66-,69+,70+,71+,72-,73-,74+,78+,79-/m1/s1. The highest BCUT2D eigenvalue weighted by molar-refractivity contribution is 5.97. The predicted molar refractivity (Wildman–Crippen MR) is 426 cm³/mol. The number of nitrogens with zero attached hydrogens (tertiary/aromatic N) is 1. The van der Waals surface area contributed by atoms with Gasteiger partial charge in [0.1, 0.15) is 61.3 Å². The molecule has 0 spiro atoms. The van der Waals surface area contributed by atoms with E-state index in [0.29, 0.717) is 275 Å². The average molecular weight is 1780 g/mol. The molecule has 0 saturated carbocycles. The number of aliphatic hydroxyl groups excluding tert-OH is 6. The molecule has 2 amide bonds. The summed E-state index contributed by atoms with van der Waals surface area (Å²) in [4.78, 5) is 67.6. The Morgan fingerprint density at radius 2 is 0.626 bits per heavy atom. The van der Waals surface area contributed by atoms with Gasteiger partial charge in [0.15, 0.2) is 6.10 Å². The SMILES string of the molecule is CC(=O)OCc1ccc(O[C@@H]2O[C@H](C(=O)O)[C@@H](O)[C@H](O)[C@H]2O)c(C(=O)NCCOCCOCCOCCOCCOCCN(CCOCCOCCOCCOCCOCCNC(=O)c2cc(COC(C)=O)ccc2O[C@@H]2OC[C@@H](O)[C@H](O)[C@H]2O)CCOCCOCCOCCOCCOCCOCCOCCOCCOCCOCCOCCON)c1. The van der Waals surface area contributed by atoms with E-state index in [-0.39, 0.29) is 95.2 Å². The van der Waals surface area contributed by atoms with E-state index in [1.54, 1.807) is 6.07 Å².